The van der Waals surface area contributed by atoms with Crippen LogP contribution >= 0.6 is 23.2 Å². The lowest BCUT2D eigenvalue weighted by Crippen LogP contribution is -2.99. The van der Waals surface area contributed by atoms with E-state index < -0.39 is 41.2 Å². The van der Waals surface area contributed by atoms with Gasteiger partial charge in [-0.3, -0.25) is 14.5 Å². The number of halogens is 2. The van der Waals surface area contributed by atoms with Crippen molar-refractivity contribution < 1.29 is 29.9 Å². The van der Waals surface area contributed by atoms with Crippen molar-refractivity contribution in [3.05, 3.63) is 63.6 Å². The zero-order chi connectivity index (χ0) is 24.1. The molecular formula is C24H24Cl2N2O5. The van der Waals surface area contributed by atoms with E-state index in [9.17, 15) is 24.6 Å². The number of likely N-dealkylation sites (tertiary alicyclic amines) is 1. The SMILES string of the molecule is CC(C)CC1(C(=O)[O-])[NH2+]C(c2cc(Cl)cc(Cl)c2O)C2C(=O)N(Cc3ccccc3)C(=O)C21. The molecule has 2 saturated heterocycles. The van der Waals surface area contributed by atoms with Crippen LogP contribution in [-0.2, 0) is 20.9 Å². The standard InChI is InChI=1S/C24H24Cl2N2O5/c1-12(2)10-24(23(32)33)18-17(19(27-24)15-8-14(25)9-16(26)20(15)29)21(30)28(22(18)31)11-13-6-4-3-5-7-13/h3-9,12,17-19,27,29H,10-11H2,1-2H3,(H,32,33). The van der Waals surface area contributed by atoms with E-state index >= 15 is 0 Å². The molecule has 0 radical (unpaired) electrons. The highest BCUT2D eigenvalue weighted by Crippen LogP contribution is 2.49. The molecule has 2 aliphatic heterocycles. The number of hydrogen-bond acceptors (Lipinski definition) is 5. The number of carboxylic acid groups (broad SMARTS) is 1. The van der Waals surface area contributed by atoms with Crippen molar-refractivity contribution in [2.45, 2.75) is 38.4 Å². The van der Waals surface area contributed by atoms with Gasteiger partial charge in [0, 0.05) is 11.4 Å². The number of carboxylic acids is 1. The lowest BCUT2D eigenvalue weighted by molar-refractivity contribution is -0.740. The number of phenolic OH excluding ortho intramolecular Hbond substituents is 1. The van der Waals surface area contributed by atoms with E-state index in [2.05, 4.69) is 0 Å². The van der Waals surface area contributed by atoms with Crippen molar-refractivity contribution >= 4 is 41.0 Å². The van der Waals surface area contributed by atoms with Gasteiger partial charge in [0.2, 0.25) is 11.8 Å². The summed E-state index contributed by atoms with van der Waals surface area (Å²) >= 11 is 12.3. The molecule has 2 amide bonds. The Labute approximate surface area is 201 Å². The average Bonchev–Trinajstić information content (AvgIpc) is 3.21. The molecule has 0 spiro atoms. The van der Waals surface area contributed by atoms with Crippen LogP contribution in [0.25, 0.3) is 0 Å². The van der Waals surface area contributed by atoms with E-state index in [0.717, 1.165) is 10.5 Å². The zero-order valence-corrected chi connectivity index (χ0v) is 19.6. The Hall–Kier alpha value is -2.61. The highest BCUT2D eigenvalue weighted by Gasteiger charge is 2.69. The molecule has 7 nitrogen and oxygen atoms in total. The van der Waals surface area contributed by atoms with Crippen LogP contribution in [0.15, 0.2) is 42.5 Å². The minimum absolute atomic E-state index is 0.0184. The Morgan fingerprint density at radius 1 is 1.18 bits per heavy atom. The van der Waals surface area contributed by atoms with Gasteiger partial charge in [0.25, 0.3) is 0 Å². The summed E-state index contributed by atoms with van der Waals surface area (Å²) in [5, 5.41) is 24.9. The molecular weight excluding hydrogens is 467 g/mol. The summed E-state index contributed by atoms with van der Waals surface area (Å²) in [5.74, 6) is -5.00. The quantitative estimate of drug-likeness (QED) is 0.597. The molecule has 3 N–H and O–H groups in total. The lowest BCUT2D eigenvalue weighted by Gasteiger charge is -2.34. The number of nitrogens with two attached hydrogens (primary N) is 1. The summed E-state index contributed by atoms with van der Waals surface area (Å²) in [4.78, 5) is 40.9. The highest BCUT2D eigenvalue weighted by molar-refractivity contribution is 6.35. The van der Waals surface area contributed by atoms with Crippen LogP contribution in [-0.4, -0.2) is 33.3 Å². The van der Waals surface area contributed by atoms with Crippen LogP contribution in [0.4, 0.5) is 0 Å². The second-order valence-corrected chi connectivity index (χ2v) is 10.0. The highest BCUT2D eigenvalue weighted by atomic mass is 35.5. The van der Waals surface area contributed by atoms with E-state index in [1.54, 1.807) is 24.3 Å². The molecule has 2 heterocycles. The first kappa shape index (κ1) is 23.5. The van der Waals surface area contributed by atoms with Crippen LogP contribution in [0, 0.1) is 17.8 Å². The second kappa shape index (κ2) is 8.63. The molecule has 4 rings (SSSR count). The number of rotatable bonds is 6. The van der Waals surface area contributed by atoms with Gasteiger partial charge in [0.05, 0.1) is 17.1 Å². The first-order valence-corrected chi connectivity index (χ1v) is 11.5. The monoisotopic (exact) mass is 490 g/mol. The number of nitrogens with zero attached hydrogens (tertiary/aromatic N) is 1. The third-order valence-corrected chi connectivity index (χ3v) is 7.09. The zero-order valence-electron chi connectivity index (χ0n) is 18.1. The molecule has 0 bridgehead atoms. The number of phenols is 1. The number of aliphatic carboxylic acids is 1. The molecule has 0 aliphatic carbocycles. The van der Waals surface area contributed by atoms with Gasteiger partial charge >= 0.3 is 0 Å². The van der Waals surface area contributed by atoms with Gasteiger partial charge in [-0.1, -0.05) is 67.4 Å². The maximum absolute atomic E-state index is 13.6. The molecule has 33 heavy (non-hydrogen) atoms. The summed E-state index contributed by atoms with van der Waals surface area (Å²) in [7, 11) is 0. The van der Waals surface area contributed by atoms with Gasteiger partial charge < -0.3 is 20.3 Å². The Morgan fingerprint density at radius 3 is 2.45 bits per heavy atom. The van der Waals surface area contributed by atoms with Gasteiger partial charge in [0.1, 0.15) is 35.1 Å². The number of amides is 2. The third-order valence-electron chi connectivity index (χ3n) is 6.59. The molecule has 0 saturated carbocycles. The normalized spacial score (nSPS) is 26.8. The Kier molecular flexibility index (Phi) is 6.16. The van der Waals surface area contributed by atoms with E-state index in [4.69, 9.17) is 23.2 Å². The minimum atomic E-state index is -1.68. The predicted octanol–water partition coefficient (Wildman–Crippen LogP) is 1.65. The second-order valence-electron chi connectivity index (χ2n) is 9.20. The van der Waals surface area contributed by atoms with E-state index in [0.29, 0.717) is 0 Å². The van der Waals surface area contributed by atoms with Crippen LogP contribution in [0.5, 0.6) is 5.75 Å². The molecule has 174 valence electrons. The van der Waals surface area contributed by atoms with Crippen LogP contribution in [0.1, 0.15) is 37.4 Å². The van der Waals surface area contributed by atoms with Gasteiger partial charge in [0.15, 0.2) is 0 Å². The molecule has 4 atom stereocenters. The fraction of sp³-hybridized carbons (Fsp3) is 0.375. The third kappa shape index (κ3) is 3.88. The molecule has 4 unspecified atom stereocenters. The smallest absolute Gasteiger partial charge is 0.240 e. The molecule has 0 aromatic heterocycles. The molecule has 9 heteroatoms. The summed E-state index contributed by atoms with van der Waals surface area (Å²) in [6, 6.07) is 11.0. The number of aromatic hydroxyl groups is 1. The fourth-order valence-corrected chi connectivity index (χ4v) is 5.89. The maximum atomic E-state index is 13.6. The number of carbonyl (C=O) groups excluding carboxylic acids is 3. The van der Waals surface area contributed by atoms with Crippen LogP contribution in [0.3, 0.4) is 0 Å². The van der Waals surface area contributed by atoms with Crippen LogP contribution < -0.4 is 10.4 Å². The van der Waals surface area contributed by atoms with Crippen molar-refractivity contribution in [3.8, 4) is 5.75 Å². The fourth-order valence-electron chi connectivity index (χ4n) is 5.38. The Balaban J connectivity index is 1.85. The minimum Gasteiger partial charge on any atom is -0.544 e. The number of benzene rings is 2. The number of hydrogen-bond donors (Lipinski definition) is 2. The maximum Gasteiger partial charge on any atom is 0.240 e. The number of carbonyl (C=O) groups is 3. The van der Waals surface area contributed by atoms with E-state index in [1.165, 1.54) is 17.4 Å². The summed E-state index contributed by atoms with van der Waals surface area (Å²) in [5.41, 5.74) is -0.712. The number of quaternary nitrogens is 1. The van der Waals surface area contributed by atoms with Crippen molar-refractivity contribution in [1.29, 1.82) is 0 Å². The number of fused-ring (bicyclic) bond motifs is 1. The largest absolute Gasteiger partial charge is 0.544 e. The van der Waals surface area contributed by atoms with Crippen molar-refractivity contribution in [3.63, 3.8) is 0 Å². The van der Waals surface area contributed by atoms with Crippen LogP contribution in [0.2, 0.25) is 10.0 Å². The first-order valence-electron chi connectivity index (χ1n) is 10.7. The summed E-state index contributed by atoms with van der Waals surface area (Å²) < 4.78 is 0. The number of imide groups is 1. The van der Waals surface area contributed by atoms with Crippen molar-refractivity contribution in [2.24, 2.45) is 17.8 Å². The summed E-state index contributed by atoms with van der Waals surface area (Å²) in [6.07, 6.45) is 0.111. The van der Waals surface area contributed by atoms with E-state index in [-0.39, 0.29) is 40.2 Å². The van der Waals surface area contributed by atoms with Crippen molar-refractivity contribution in [2.75, 3.05) is 0 Å². The van der Waals surface area contributed by atoms with Gasteiger partial charge in [-0.15, -0.1) is 0 Å². The molecule has 2 aromatic carbocycles. The Morgan fingerprint density at radius 2 is 1.85 bits per heavy atom. The predicted molar refractivity (Wildman–Crippen MR) is 119 cm³/mol. The molecule has 2 aliphatic rings. The van der Waals surface area contributed by atoms with Gasteiger partial charge in [-0.05, 0) is 23.6 Å². The molecule has 2 aromatic rings. The van der Waals surface area contributed by atoms with Crippen molar-refractivity contribution in [1.82, 2.24) is 4.90 Å². The average molecular weight is 491 g/mol. The van der Waals surface area contributed by atoms with E-state index in [1.807, 2.05) is 19.9 Å². The van der Waals surface area contributed by atoms with Gasteiger partial charge in [-0.2, -0.15) is 0 Å². The Bertz CT molecular complexity index is 1120. The first-order chi connectivity index (χ1) is 15.6. The molecule has 2 fully saturated rings. The lowest BCUT2D eigenvalue weighted by atomic mass is 9.75. The van der Waals surface area contributed by atoms with Gasteiger partial charge in [-0.25, -0.2) is 0 Å². The topological polar surface area (TPSA) is 114 Å². The summed E-state index contributed by atoms with van der Waals surface area (Å²) in [6.45, 7) is 3.72.